The Morgan fingerprint density at radius 1 is 1.12 bits per heavy atom. The number of hydrogen-bond acceptors (Lipinski definition) is 3. The normalized spacial score (nSPS) is 15.1. The minimum Gasteiger partial charge on any atom is -0.506 e. The molecule has 3 rings (SSSR count). The van der Waals surface area contributed by atoms with Gasteiger partial charge in [0.25, 0.3) is 5.91 Å². The summed E-state index contributed by atoms with van der Waals surface area (Å²) in [4.78, 5) is 15.6. The molecule has 0 bridgehead atoms. The summed E-state index contributed by atoms with van der Waals surface area (Å²) >= 11 is 18.1. The molecule has 1 fully saturated rings. The van der Waals surface area contributed by atoms with Crippen LogP contribution in [0.1, 0.15) is 0 Å². The van der Waals surface area contributed by atoms with Crippen LogP contribution in [-0.4, -0.2) is 43.7 Å². The molecule has 1 heterocycles. The van der Waals surface area contributed by atoms with Crippen molar-refractivity contribution in [2.75, 3.05) is 42.9 Å². The molecule has 0 aromatic heterocycles. The predicted octanol–water partition coefficient (Wildman–Crippen LogP) is 2.70. The van der Waals surface area contributed by atoms with Gasteiger partial charge in [-0.05, 0) is 24.3 Å². The molecule has 2 aromatic carbocycles. The molecule has 1 aliphatic heterocycles. The molecule has 0 atom stereocenters. The van der Waals surface area contributed by atoms with Crippen LogP contribution in [0, 0.1) is 0 Å². The Bertz CT molecular complexity index is 785. The SMILES string of the molecule is O=C(C[NH+]1CCN(c2ccccc2O)CC1)Nc1c(Cl)cc(Cl)cc1Cl. The lowest BCUT2D eigenvalue weighted by Gasteiger charge is -2.33. The summed E-state index contributed by atoms with van der Waals surface area (Å²) in [5, 5.41) is 13.8. The van der Waals surface area contributed by atoms with Gasteiger partial charge in [-0.25, -0.2) is 0 Å². The van der Waals surface area contributed by atoms with Gasteiger partial charge in [-0.1, -0.05) is 46.9 Å². The maximum Gasteiger partial charge on any atom is 0.279 e. The fraction of sp³-hybridized carbons (Fsp3) is 0.278. The second kappa shape index (κ2) is 8.35. The minimum atomic E-state index is -0.151. The summed E-state index contributed by atoms with van der Waals surface area (Å²) < 4.78 is 0. The Balaban J connectivity index is 1.55. The second-order valence-electron chi connectivity index (χ2n) is 6.20. The first-order valence-electron chi connectivity index (χ1n) is 8.25. The molecule has 138 valence electrons. The zero-order valence-electron chi connectivity index (χ0n) is 13.9. The van der Waals surface area contributed by atoms with Gasteiger partial charge in [0.1, 0.15) is 5.75 Å². The number of piperazine rings is 1. The Morgan fingerprint density at radius 3 is 2.35 bits per heavy atom. The van der Waals surface area contributed by atoms with E-state index in [0.29, 0.717) is 27.3 Å². The molecular formula is C18H19Cl3N3O2+. The van der Waals surface area contributed by atoms with E-state index in [1.807, 2.05) is 12.1 Å². The van der Waals surface area contributed by atoms with Crippen LogP contribution in [-0.2, 0) is 4.79 Å². The summed E-state index contributed by atoms with van der Waals surface area (Å²) in [5.74, 6) is 0.128. The maximum absolute atomic E-state index is 12.3. The molecule has 26 heavy (non-hydrogen) atoms. The van der Waals surface area contributed by atoms with Crippen molar-refractivity contribution in [3.05, 3.63) is 51.5 Å². The number of phenols is 1. The van der Waals surface area contributed by atoms with Crippen LogP contribution in [0.5, 0.6) is 5.75 Å². The molecule has 8 heteroatoms. The van der Waals surface area contributed by atoms with Gasteiger partial charge in [0.15, 0.2) is 6.54 Å². The number of phenolic OH excluding ortho intramolecular Hbond substituents is 1. The van der Waals surface area contributed by atoms with E-state index in [2.05, 4.69) is 10.2 Å². The number of hydrogen-bond donors (Lipinski definition) is 3. The van der Waals surface area contributed by atoms with Gasteiger partial charge >= 0.3 is 0 Å². The highest BCUT2D eigenvalue weighted by Gasteiger charge is 2.24. The van der Waals surface area contributed by atoms with Crippen molar-refractivity contribution >= 4 is 52.1 Å². The molecule has 0 unspecified atom stereocenters. The molecule has 1 aliphatic rings. The predicted molar refractivity (Wildman–Crippen MR) is 106 cm³/mol. The molecule has 1 amide bonds. The number of halogens is 3. The lowest BCUT2D eigenvalue weighted by molar-refractivity contribution is -0.892. The number of nitrogens with one attached hydrogen (secondary N) is 2. The summed E-state index contributed by atoms with van der Waals surface area (Å²) in [5.41, 5.74) is 1.21. The third-order valence-electron chi connectivity index (χ3n) is 4.37. The van der Waals surface area contributed by atoms with Crippen LogP contribution < -0.4 is 15.1 Å². The third kappa shape index (κ3) is 4.54. The number of carbonyl (C=O) groups excluding carboxylic acids is 1. The Morgan fingerprint density at radius 2 is 1.73 bits per heavy atom. The zero-order valence-corrected chi connectivity index (χ0v) is 16.2. The zero-order chi connectivity index (χ0) is 18.7. The molecule has 0 radical (unpaired) electrons. The Labute approximate surface area is 167 Å². The fourth-order valence-electron chi connectivity index (χ4n) is 3.04. The highest BCUT2D eigenvalue weighted by molar-refractivity contribution is 6.42. The van der Waals surface area contributed by atoms with Gasteiger partial charge < -0.3 is 20.2 Å². The first-order valence-corrected chi connectivity index (χ1v) is 9.38. The molecule has 2 aromatic rings. The number of nitrogens with zero attached hydrogens (tertiary/aromatic N) is 1. The third-order valence-corrected chi connectivity index (χ3v) is 5.19. The van der Waals surface area contributed by atoms with Crippen LogP contribution in [0.4, 0.5) is 11.4 Å². The average Bonchev–Trinajstić information content (AvgIpc) is 2.59. The molecule has 3 N–H and O–H groups in total. The second-order valence-corrected chi connectivity index (χ2v) is 7.45. The van der Waals surface area contributed by atoms with E-state index in [0.717, 1.165) is 36.8 Å². The number of anilines is 2. The highest BCUT2D eigenvalue weighted by Crippen LogP contribution is 2.33. The number of amides is 1. The van der Waals surface area contributed by atoms with Crippen molar-refractivity contribution in [2.24, 2.45) is 0 Å². The minimum absolute atomic E-state index is 0.151. The number of aromatic hydroxyl groups is 1. The fourth-order valence-corrected chi connectivity index (χ4v) is 3.96. The Kier molecular flexibility index (Phi) is 6.14. The van der Waals surface area contributed by atoms with Crippen LogP contribution in [0.3, 0.4) is 0 Å². The number of para-hydroxylation sites is 2. The van der Waals surface area contributed by atoms with Crippen LogP contribution in [0.15, 0.2) is 36.4 Å². The molecule has 0 spiro atoms. The summed E-state index contributed by atoms with van der Waals surface area (Å²) in [6.45, 7) is 3.45. The number of carbonyl (C=O) groups is 1. The lowest BCUT2D eigenvalue weighted by Crippen LogP contribution is -3.15. The van der Waals surface area contributed by atoms with E-state index in [4.69, 9.17) is 34.8 Å². The van der Waals surface area contributed by atoms with Gasteiger partial charge in [-0.2, -0.15) is 0 Å². The van der Waals surface area contributed by atoms with Crippen LogP contribution >= 0.6 is 34.8 Å². The topological polar surface area (TPSA) is 57.0 Å². The number of quaternary nitrogens is 1. The van der Waals surface area contributed by atoms with Crippen molar-refractivity contribution in [1.82, 2.24) is 0 Å². The molecule has 0 aliphatic carbocycles. The first kappa shape index (κ1) is 19.1. The average molecular weight is 416 g/mol. The number of rotatable bonds is 4. The van der Waals surface area contributed by atoms with E-state index in [1.165, 1.54) is 0 Å². The van der Waals surface area contributed by atoms with Crippen molar-refractivity contribution in [3.8, 4) is 5.75 Å². The Hall–Kier alpha value is -1.66. The van der Waals surface area contributed by atoms with E-state index in [-0.39, 0.29) is 11.7 Å². The van der Waals surface area contributed by atoms with Gasteiger partial charge in [-0.3, -0.25) is 4.79 Å². The summed E-state index contributed by atoms with van der Waals surface area (Å²) in [6.07, 6.45) is 0. The lowest BCUT2D eigenvalue weighted by atomic mass is 10.2. The van der Waals surface area contributed by atoms with Crippen molar-refractivity contribution < 1.29 is 14.8 Å². The molecule has 5 nitrogen and oxygen atoms in total. The van der Waals surface area contributed by atoms with E-state index in [9.17, 15) is 9.90 Å². The maximum atomic E-state index is 12.3. The largest absolute Gasteiger partial charge is 0.506 e. The highest BCUT2D eigenvalue weighted by atomic mass is 35.5. The first-order chi connectivity index (χ1) is 12.4. The van der Waals surface area contributed by atoms with Gasteiger partial charge in [0.2, 0.25) is 0 Å². The van der Waals surface area contributed by atoms with Crippen molar-refractivity contribution in [3.63, 3.8) is 0 Å². The summed E-state index contributed by atoms with van der Waals surface area (Å²) in [7, 11) is 0. The molecule has 0 saturated carbocycles. The van der Waals surface area contributed by atoms with Gasteiger partial charge in [0.05, 0.1) is 47.6 Å². The van der Waals surface area contributed by atoms with Crippen LogP contribution in [0.2, 0.25) is 15.1 Å². The summed E-state index contributed by atoms with van der Waals surface area (Å²) in [6, 6.07) is 10.4. The smallest absolute Gasteiger partial charge is 0.279 e. The van der Waals surface area contributed by atoms with Crippen molar-refractivity contribution in [2.45, 2.75) is 0 Å². The van der Waals surface area contributed by atoms with E-state index < -0.39 is 0 Å². The standard InChI is InChI=1S/C18H18Cl3N3O2/c19-12-9-13(20)18(14(21)10-12)22-17(26)11-23-5-7-24(8-6-23)15-3-1-2-4-16(15)25/h1-4,9-10,25H,5-8,11H2,(H,22,26)/p+1. The van der Waals surface area contributed by atoms with Gasteiger partial charge in [-0.15, -0.1) is 0 Å². The molecule has 1 saturated heterocycles. The molecular weight excluding hydrogens is 397 g/mol. The van der Waals surface area contributed by atoms with E-state index in [1.54, 1.807) is 24.3 Å². The quantitative estimate of drug-likeness (QED) is 0.720. The van der Waals surface area contributed by atoms with Crippen LogP contribution in [0.25, 0.3) is 0 Å². The van der Waals surface area contributed by atoms with Crippen molar-refractivity contribution in [1.29, 1.82) is 0 Å². The van der Waals surface area contributed by atoms with E-state index >= 15 is 0 Å². The van der Waals surface area contributed by atoms with Gasteiger partial charge in [0, 0.05) is 5.02 Å². The number of benzene rings is 2. The monoisotopic (exact) mass is 414 g/mol.